The molecule has 180 valence electrons. The number of pyridine rings is 1. The van der Waals surface area contributed by atoms with Gasteiger partial charge in [-0.05, 0) is 35.9 Å². The van der Waals surface area contributed by atoms with Crippen LogP contribution in [0.1, 0.15) is 21.5 Å². The Morgan fingerprint density at radius 3 is 2.60 bits per heavy atom. The Labute approximate surface area is 203 Å². The summed E-state index contributed by atoms with van der Waals surface area (Å²) in [5, 5.41) is 0.369. The largest absolute Gasteiger partial charge is 0.487 e. The van der Waals surface area contributed by atoms with E-state index in [0.29, 0.717) is 16.5 Å². The molecular weight excluding hydrogens is 480 g/mol. The van der Waals surface area contributed by atoms with E-state index in [1.54, 1.807) is 18.2 Å². The Morgan fingerprint density at radius 2 is 1.89 bits per heavy atom. The van der Waals surface area contributed by atoms with E-state index in [1.165, 1.54) is 48.1 Å². The van der Waals surface area contributed by atoms with Crippen molar-refractivity contribution in [2.75, 3.05) is 14.1 Å². The number of nitrogens with one attached hydrogen (secondary N) is 1. The maximum absolute atomic E-state index is 13.8. The number of hydrogen-bond acceptors (Lipinski definition) is 4. The van der Waals surface area contributed by atoms with E-state index in [0.717, 1.165) is 12.1 Å². The molecular formula is C25H20ClF2N3O4. The number of H-pyrrole nitrogens is 1. The van der Waals surface area contributed by atoms with Crippen molar-refractivity contribution >= 4 is 34.2 Å². The lowest BCUT2D eigenvalue weighted by Crippen LogP contribution is -2.29. The molecule has 35 heavy (non-hydrogen) atoms. The van der Waals surface area contributed by atoms with Crippen LogP contribution in [0.25, 0.3) is 10.9 Å². The van der Waals surface area contributed by atoms with Gasteiger partial charge in [-0.3, -0.25) is 14.4 Å². The minimum absolute atomic E-state index is 0.0628. The van der Waals surface area contributed by atoms with E-state index in [1.807, 2.05) is 0 Å². The summed E-state index contributed by atoms with van der Waals surface area (Å²) in [5.41, 5.74) is 1.19. The van der Waals surface area contributed by atoms with E-state index in [9.17, 15) is 23.2 Å². The van der Waals surface area contributed by atoms with Gasteiger partial charge in [0, 0.05) is 49.0 Å². The Morgan fingerprint density at radius 1 is 1.11 bits per heavy atom. The van der Waals surface area contributed by atoms with Gasteiger partial charge in [0.2, 0.25) is 0 Å². The predicted molar refractivity (Wildman–Crippen MR) is 127 cm³/mol. The van der Waals surface area contributed by atoms with Crippen LogP contribution < -0.4 is 10.3 Å². The van der Waals surface area contributed by atoms with Crippen LogP contribution in [0.2, 0.25) is 5.02 Å². The molecule has 2 aromatic carbocycles. The zero-order valence-corrected chi connectivity index (χ0v) is 19.5. The summed E-state index contributed by atoms with van der Waals surface area (Å²) in [6.07, 6.45) is 2.96. The van der Waals surface area contributed by atoms with Gasteiger partial charge in [-0.1, -0.05) is 17.7 Å². The monoisotopic (exact) mass is 499 g/mol. The highest BCUT2D eigenvalue weighted by molar-refractivity contribution is 6.44. The molecule has 0 saturated carbocycles. The molecule has 0 bridgehead atoms. The maximum Gasteiger partial charge on any atom is 0.294 e. The SMILES string of the molecule is CN(C)C(=O)C(=O)c1c[nH]c2ccc(Cn3ccc(OCc4ccc(F)cc4F)c(Cl)c3=O)cc12. The van der Waals surface area contributed by atoms with Gasteiger partial charge in [0.25, 0.3) is 17.2 Å². The van der Waals surface area contributed by atoms with E-state index in [2.05, 4.69) is 4.98 Å². The minimum Gasteiger partial charge on any atom is -0.487 e. The second-order valence-electron chi connectivity index (χ2n) is 8.06. The lowest BCUT2D eigenvalue weighted by molar-refractivity contribution is -0.124. The molecule has 0 unspecified atom stereocenters. The molecule has 0 aliphatic heterocycles. The van der Waals surface area contributed by atoms with Crippen LogP contribution >= 0.6 is 11.6 Å². The van der Waals surface area contributed by atoms with Crippen LogP contribution in [0.4, 0.5) is 8.78 Å². The van der Waals surface area contributed by atoms with Crippen LogP contribution in [0.15, 0.2) is 59.7 Å². The molecule has 2 aromatic heterocycles. The summed E-state index contributed by atoms with van der Waals surface area (Å²) >= 11 is 6.20. The zero-order chi connectivity index (χ0) is 25.3. The number of amides is 1. The molecule has 0 fully saturated rings. The summed E-state index contributed by atoms with van der Waals surface area (Å²) < 4.78 is 33.7. The third-order valence-electron chi connectivity index (χ3n) is 5.41. The van der Waals surface area contributed by atoms with Gasteiger partial charge in [-0.2, -0.15) is 0 Å². The lowest BCUT2D eigenvalue weighted by Gasteiger charge is -2.12. The summed E-state index contributed by atoms with van der Waals surface area (Å²) in [6.45, 7) is -0.0935. The predicted octanol–water partition coefficient (Wildman–Crippen LogP) is 4.16. The standard InChI is InChI=1S/C25H20ClF2N3O4/c1-30(2)25(34)23(32)18-11-29-20-6-3-14(9-17(18)20)12-31-8-7-21(22(26)24(31)33)35-13-15-4-5-16(27)10-19(15)28/h3-11,29H,12-13H2,1-2H3. The molecule has 10 heteroatoms. The van der Waals surface area contributed by atoms with Crippen LogP contribution in [-0.2, 0) is 17.9 Å². The van der Waals surface area contributed by atoms with Gasteiger partial charge in [-0.15, -0.1) is 0 Å². The Hall–Kier alpha value is -3.98. The highest BCUT2D eigenvalue weighted by atomic mass is 35.5. The Kier molecular flexibility index (Phi) is 6.70. The second-order valence-corrected chi connectivity index (χ2v) is 8.44. The molecule has 1 amide bonds. The van der Waals surface area contributed by atoms with E-state index >= 15 is 0 Å². The van der Waals surface area contributed by atoms with Crippen molar-refractivity contribution in [1.82, 2.24) is 14.5 Å². The number of ether oxygens (including phenoxy) is 1. The number of halogens is 3. The molecule has 0 radical (unpaired) electrons. The van der Waals surface area contributed by atoms with Crippen molar-refractivity contribution in [2.24, 2.45) is 0 Å². The van der Waals surface area contributed by atoms with Crippen molar-refractivity contribution in [3.63, 3.8) is 0 Å². The number of fused-ring (bicyclic) bond motifs is 1. The van der Waals surface area contributed by atoms with Crippen molar-refractivity contribution < 1.29 is 23.1 Å². The van der Waals surface area contributed by atoms with Gasteiger partial charge in [0.05, 0.1) is 12.1 Å². The van der Waals surface area contributed by atoms with E-state index < -0.39 is 28.9 Å². The van der Waals surface area contributed by atoms with Gasteiger partial charge in [0.1, 0.15) is 29.0 Å². The zero-order valence-electron chi connectivity index (χ0n) is 18.8. The molecule has 0 aliphatic rings. The number of likely N-dealkylation sites (N-methyl/N-ethyl adjacent to an activating group) is 1. The highest BCUT2D eigenvalue weighted by Gasteiger charge is 2.21. The number of hydrogen-bond donors (Lipinski definition) is 1. The normalized spacial score (nSPS) is 11.0. The summed E-state index contributed by atoms with van der Waals surface area (Å²) in [6, 6.07) is 9.84. The first kappa shape index (κ1) is 24.2. The fourth-order valence-electron chi connectivity index (χ4n) is 3.53. The number of aromatic amines is 1. The van der Waals surface area contributed by atoms with Crippen molar-refractivity contribution in [3.05, 3.63) is 98.6 Å². The fraction of sp³-hybridized carbons (Fsp3) is 0.160. The average molecular weight is 500 g/mol. The second kappa shape index (κ2) is 9.71. The van der Waals surface area contributed by atoms with Gasteiger partial charge < -0.3 is 19.2 Å². The van der Waals surface area contributed by atoms with Crippen LogP contribution in [-0.4, -0.2) is 40.2 Å². The number of ketones is 1. The number of benzene rings is 2. The minimum atomic E-state index is -0.764. The fourth-order valence-corrected chi connectivity index (χ4v) is 3.76. The quantitative estimate of drug-likeness (QED) is 0.306. The van der Waals surface area contributed by atoms with E-state index in [4.69, 9.17) is 16.3 Å². The molecule has 4 rings (SSSR count). The Balaban J connectivity index is 1.56. The maximum atomic E-state index is 13.8. The number of carbonyl (C=O) groups is 2. The number of aromatic nitrogens is 2. The van der Waals surface area contributed by atoms with Crippen molar-refractivity contribution in [1.29, 1.82) is 0 Å². The lowest BCUT2D eigenvalue weighted by atomic mass is 10.1. The molecule has 0 atom stereocenters. The number of rotatable bonds is 7. The van der Waals surface area contributed by atoms with Crippen LogP contribution in [0, 0.1) is 11.6 Å². The molecule has 4 aromatic rings. The first-order chi connectivity index (χ1) is 16.7. The summed E-state index contributed by atoms with van der Waals surface area (Å²) in [5.74, 6) is -2.69. The van der Waals surface area contributed by atoms with E-state index in [-0.39, 0.29) is 35.1 Å². The first-order valence-corrected chi connectivity index (χ1v) is 10.8. The molecule has 1 N–H and O–H groups in total. The molecule has 2 heterocycles. The van der Waals surface area contributed by atoms with Gasteiger partial charge in [-0.25, -0.2) is 8.78 Å². The average Bonchev–Trinajstić information content (AvgIpc) is 3.24. The number of nitrogens with zero attached hydrogens (tertiary/aromatic N) is 2. The molecule has 0 aliphatic carbocycles. The smallest absolute Gasteiger partial charge is 0.294 e. The molecule has 7 nitrogen and oxygen atoms in total. The van der Waals surface area contributed by atoms with Crippen molar-refractivity contribution in [3.8, 4) is 5.75 Å². The Bertz CT molecular complexity index is 1510. The van der Waals surface area contributed by atoms with Crippen LogP contribution in [0.5, 0.6) is 5.75 Å². The summed E-state index contributed by atoms with van der Waals surface area (Å²) in [7, 11) is 3.00. The highest BCUT2D eigenvalue weighted by Crippen LogP contribution is 2.24. The van der Waals surface area contributed by atoms with Crippen molar-refractivity contribution in [2.45, 2.75) is 13.2 Å². The summed E-state index contributed by atoms with van der Waals surface area (Å²) in [4.78, 5) is 41.6. The topological polar surface area (TPSA) is 84.4 Å². The van der Waals surface area contributed by atoms with Gasteiger partial charge >= 0.3 is 0 Å². The third kappa shape index (κ3) is 4.95. The molecule has 0 spiro atoms. The third-order valence-corrected chi connectivity index (χ3v) is 5.76. The van der Waals surface area contributed by atoms with Crippen LogP contribution in [0.3, 0.4) is 0 Å². The number of carbonyl (C=O) groups excluding carboxylic acids is 2. The first-order valence-electron chi connectivity index (χ1n) is 10.5. The molecule has 0 saturated heterocycles. The number of Topliss-reactive ketones (excluding diaryl/α,β-unsaturated/α-hetero) is 1. The van der Waals surface area contributed by atoms with Gasteiger partial charge in [0.15, 0.2) is 0 Å².